The normalized spacial score (nSPS) is 18.5. The van der Waals surface area contributed by atoms with E-state index in [4.69, 9.17) is 4.98 Å². The molecule has 8 heteroatoms. The van der Waals surface area contributed by atoms with Gasteiger partial charge < -0.3 is 4.90 Å². The van der Waals surface area contributed by atoms with E-state index in [2.05, 4.69) is 25.9 Å². The first-order valence-electron chi connectivity index (χ1n) is 10.1. The van der Waals surface area contributed by atoms with Crippen molar-refractivity contribution < 1.29 is 4.79 Å². The predicted molar refractivity (Wildman–Crippen MR) is 109 cm³/mol. The number of carbonyl (C=O) groups is 1. The third-order valence-electron chi connectivity index (χ3n) is 6.24. The highest BCUT2D eigenvalue weighted by Gasteiger charge is 2.31. The fourth-order valence-corrected chi connectivity index (χ4v) is 5.12. The number of hydrogen-bond acceptors (Lipinski definition) is 5. The van der Waals surface area contributed by atoms with Crippen molar-refractivity contribution in [1.82, 2.24) is 24.1 Å². The second kappa shape index (κ2) is 6.40. The van der Waals surface area contributed by atoms with Crippen LogP contribution in [0, 0.1) is 19.8 Å². The zero-order chi connectivity index (χ0) is 19.6. The van der Waals surface area contributed by atoms with E-state index < -0.39 is 0 Å². The highest BCUT2D eigenvalue weighted by molar-refractivity contribution is 7.18. The van der Waals surface area contributed by atoms with Crippen molar-refractivity contribution in [2.24, 2.45) is 5.92 Å². The summed E-state index contributed by atoms with van der Waals surface area (Å²) in [6.45, 7) is 7.88. The summed E-state index contributed by atoms with van der Waals surface area (Å²) >= 11 is 1.65. The van der Waals surface area contributed by atoms with Gasteiger partial charge >= 0.3 is 5.69 Å². The van der Waals surface area contributed by atoms with Gasteiger partial charge in [0.25, 0.3) is 0 Å². The van der Waals surface area contributed by atoms with E-state index in [0.29, 0.717) is 17.5 Å². The van der Waals surface area contributed by atoms with Crippen LogP contribution in [0.2, 0.25) is 0 Å². The predicted octanol–water partition coefficient (Wildman–Crippen LogP) is 2.86. The van der Waals surface area contributed by atoms with Crippen molar-refractivity contribution in [3.8, 4) is 0 Å². The van der Waals surface area contributed by atoms with Gasteiger partial charge in [-0.15, -0.1) is 16.4 Å². The van der Waals surface area contributed by atoms with Crippen LogP contribution in [-0.2, 0) is 11.3 Å². The van der Waals surface area contributed by atoms with E-state index in [1.807, 2.05) is 4.90 Å². The Hall–Kier alpha value is -2.22. The van der Waals surface area contributed by atoms with Crippen molar-refractivity contribution in [3.63, 3.8) is 0 Å². The van der Waals surface area contributed by atoms with Gasteiger partial charge in [0.05, 0.1) is 5.39 Å². The van der Waals surface area contributed by atoms with Crippen LogP contribution in [0.1, 0.15) is 54.8 Å². The number of amides is 1. The first-order valence-corrected chi connectivity index (χ1v) is 10.9. The maximum Gasteiger partial charge on any atom is 0.352 e. The molecule has 0 atom stereocenters. The highest BCUT2D eigenvalue weighted by Crippen LogP contribution is 2.41. The number of aromatic nitrogens is 4. The largest absolute Gasteiger partial charge is 0.352 e. The lowest BCUT2D eigenvalue weighted by atomic mass is 9.99. The average molecular weight is 400 g/mol. The van der Waals surface area contributed by atoms with Crippen LogP contribution in [0.15, 0.2) is 4.79 Å². The molecule has 0 unspecified atom stereocenters. The van der Waals surface area contributed by atoms with Crippen LogP contribution in [-0.4, -0.2) is 43.1 Å². The molecular formula is C20H25N5O2S. The van der Waals surface area contributed by atoms with Gasteiger partial charge in [0.2, 0.25) is 5.91 Å². The molecule has 148 valence electrons. The molecule has 2 aliphatic rings. The van der Waals surface area contributed by atoms with Crippen LogP contribution in [0.4, 0.5) is 0 Å². The molecule has 1 saturated heterocycles. The number of fused-ring (bicyclic) bond motifs is 3. The van der Waals surface area contributed by atoms with Gasteiger partial charge in [-0.05, 0) is 51.0 Å². The molecule has 1 aliphatic heterocycles. The summed E-state index contributed by atoms with van der Waals surface area (Å²) in [5.74, 6) is 1.77. The molecule has 4 heterocycles. The second-order valence-corrected chi connectivity index (χ2v) is 9.57. The monoisotopic (exact) mass is 399 g/mol. The summed E-state index contributed by atoms with van der Waals surface area (Å²) in [6.07, 6.45) is 4.16. The molecule has 7 nitrogen and oxygen atoms in total. The van der Waals surface area contributed by atoms with Gasteiger partial charge in [0.15, 0.2) is 5.65 Å². The van der Waals surface area contributed by atoms with Gasteiger partial charge in [-0.1, -0.05) is 6.92 Å². The van der Waals surface area contributed by atoms with E-state index in [9.17, 15) is 9.59 Å². The van der Waals surface area contributed by atoms with Gasteiger partial charge in [-0.3, -0.25) is 4.79 Å². The molecule has 28 heavy (non-hydrogen) atoms. The van der Waals surface area contributed by atoms with Crippen LogP contribution >= 0.6 is 11.3 Å². The molecule has 2 fully saturated rings. The maximum atomic E-state index is 13.2. The maximum absolute atomic E-state index is 13.2. The molecule has 3 aromatic heterocycles. The quantitative estimate of drug-likeness (QED) is 0.679. The fraction of sp³-hybridized carbons (Fsp3) is 0.600. The highest BCUT2D eigenvalue weighted by atomic mass is 32.1. The molecule has 3 aromatic rings. The number of thiophene rings is 1. The molecule has 0 bridgehead atoms. The Kier molecular flexibility index (Phi) is 4.08. The van der Waals surface area contributed by atoms with Gasteiger partial charge in [-0.25, -0.2) is 18.9 Å². The summed E-state index contributed by atoms with van der Waals surface area (Å²) in [7, 11) is 0. The van der Waals surface area contributed by atoms with Gasteiger partial charge in [0.1, 0.15) is 17.2 Å². The number of hydrogen-bond donors (Lipinski definition) is 0. The number of piperidine rings is 1. The first-order chi connectivity index (χ1) is 13.4. The lowest BCUT2D eigenvalue weighted by Crippen LogP contribution is -2.41. The number of carbonyl (C=O) groups excluding carboxylic acids is 1. The Bertz CT molecular complexity index is 1150. The number of rotatable bonds is 3. The van der Waals surface area contributed by atoms with Crippen molar-refractivity contribution in [1.29, 1.82) is 0 Å². The number of aryl methyl sites for hydroxylation is 2. The smallest absolute Gasteiger partial charge is 0.341 e. The Balaban J connectivity index is 1.60. The van der Waals surface area contributed by atoms with Gasteiger partial charge in [0, 0.05) is 23.9 Å². The van der Waals surface area contributed by atoms with Crippen LogP contribution in [0.5, 0.6) is 0 Å². The molecule has 0 N–H and O–H groups in total. The fourth-order valence-electron chi connectivity index (χ4n) is 4.09. The molecule has 0 spiro atoms. The summed E-state index contributed by atoms with van der Waals surface area (Å²) < 4.78 is 3.00. The van der Waals surface area contributed by atoms with E-state index >= 15 is 0 Å². The van der Waals surface area contributed by atoms with E-state index in [-0.39, 0.29) is 18.1 Å². The van der Waals surface area contributed by atoms with Crippen LogP contribution in [0.25, 0.3) is 15.9 Å². The molecule has 0 aromatic carbocycles. The first kappa shape index (κ1) is 17.8. The summed E-state index contributed by atoms with van der Waals surface area (Å²) in [5.41, 5.74) is 1.53. The van der Waals surface area contributed by atoms with E-state index in [0.717, 1.165) is 60.4 Å². The minimum absolute atomic E-state index is 0.00264. The topological polar surface area (TPSA) is 72.5 Å². The molecule has 1 saturated carbocycles. The minimum Gasteiger partial charge on any atom is -0.341 e. The third kappa shape index (κ3) is 2.77. The van der Waals surface area contributed by atoms with Crippen LogP contribution < -0.4 is 5.69 Å². The standard InChI is InChI=1S/C20H25N5O2S/c1-11-6-8-23(9-7-11)15(26)10-24-20(27)25-17(14-4-5-14)21-19-16(18(25)22-24)12(2)13(3)28-19/h11,14H,4-10H2,1-3H3. The summed E-state index contributed by atoms with van der Waals surface area (Å²) in [6, 6.07) is 0. The lowest BCUT2D eigenvalue weighted by Gasteiger charge is -2.30. The zero-order valence-corrected chi connectivity index (χ0v) is 17.4. The molecule has 0 radical (unpaired) electrons. The minimum atomic E-state index is -0.242. The van der Waals surface area contributed by atoms with Gasteiger partial charge in [-0.2, -0.15) is 0 Å². The third-order valence-corrected chi connectivity index (χ3v) is 7.34. The van der Waals surface area contributed by atoms with Crippen LogP contribution in [0.3, 0.4) is 0 Å². The number of nitrogens with zero attached hydrogens (tertiary/aromatic N) is 5. The summed E-state index contributed by atoms with van der Waals surface area (Å²) in [4.78, 5) is 34.8. The summed E-state index contributed by atoms with van der Waals surface area (Å²) in [5, 5.41) is 5.57. The van der Waals surface area contributed by atoms with E-state index in [1.165, 1.54) is 9.56 Å². The Morgan fingerprint density at radius 3 is 2.57 bits per heavy atom. The second-order valence-electron chi connectivity index (χ2n) is 8.37. The SMILES string of the molecule is Cc1sc2nc(C3CC3)n3c(=O)n(CC(=O)N4CCC(C)CC4)nc3c2c1C. The number of likely N-dealkylation sites (tertiary alicyclic amines) is 1. The molecule has 1 aliphatic carbocycles. The van der Waals surface area contributed by atoms with Crippen molar-refractivity contribution in [2.75, 3.05) is 13.1 Å². The lowest BCUT2D eigenvalue weighted by molar-refractivity contribution is -0.133. The Labute approximate surface area is 167 Å². The van der Waals surface area contributed by atoms with Crippen molar-refractivity contribution in [2.45, 2.75) is 58.9 Å². The average Bonchev–Trinajstić information content (AvgIpc) is 3.41. The van der Waals surface area contributed by atoms with Crippen molar-refractivity contribution >= 4 is 33.1 Å². The van der Waals surface area contributed by atoms with E-state index in [1.54, 1.807) is 15.7 Å². The van der Waals surface area contributed by atoms with Crippen molar-refractivity contribution in [3.05, 3.63) is 26.7 Å². The molecule has 5 rings (SSSR count). The Morgan fingerprint density at radius 1 is 1.18 bits per heavy atom. The zero-order valence-electron chi connectivity index (χ0n) is 16.6. The molecule has 1 amide bonds. The molecular weight excluding hydrogens is 374 g/mol. The Morgan fingerprint density at radius 2 is 1.89 bits per heavy atom.